The van der Waals surface area contributed by atoms with Gasteiger partial charge in [0.2, 0.25) is 5.88 Å². The number of hydrogen-bond acceptors (Lipinski definition) is 2. The van der Waals surface area contributed by atoms with Crippen LogP contribution in [0.3, 0.4) is 0 Å². The van der Waals surface area contributed by atoms with Gasteiger partial charge in [-0.1, -0.05) is 15.9 Å². The molecule has 0 unspecified atom stereocenters. The van der Waals surface area contributed by atoms with E-state index in [4.69, 9.17) is 4.74 Å². The maximum Gasteiger partial charge on any atom is 0.421 e. The summed E-state index contributed by atoms with van der Waals surface area (Å²) >= 11 is 3.02. The topological polar surface area (TPSA) is 22.1 Å². The van der Waals surface area contributed by atoms with Gasteiger partial charge in [0.25, 0.3) is 0 Å². The third kappa shape index (κ3) is 3.44. The van der Waals surface area contributed by atoms with E-state index in [1.807, 2.05) is 0 Å². The lowest BCUT2D eigenvalue weighted by Gasteiger charge is -2.12. The zero-order valence-corrected chi connectivity index (χ0v) is 10.8. The molecule has 1 aromatic heterocycles. The molecule has 19 heavy (non-hydrogen) atoms. The molecule has 1 heterocycles. The van der Waals surface area contributed by atoms with Crippen molar-refractivity contribution < 1.29 is 22.3 Å². The highest BCUT2D eigenvalue weighted by molar-refractivity contribution is 9.10. The highest BCUT2D eigenvalue weighted by atomic mass is 79.9. The molecular formula is C12H6BrF4NO. The maximum atomic E-state index is 13.1. The summed E-state index contributed by atoms with van der Waals surface area (Å²) in [4.78, 5) is 3.52. The largest absolute Gasteiger partial charge is 0.438 e. The molecule has 0 amide bonds. The highest BCUT2D eigenvalue weighted by Crippen LogP contribution is 2.36. The second-order valence-electron chi connectivity index (χ2n) is 3.56. The fourth-order valence-corrected chi connectivity index (χ4v) is 1.83. The Hall–Kier alpha value is -1.63. The molecule has 0 radical (unpaired) electrons. The first-order chi connectivity index (χ1) is 8.86. The van der Waals surface area contributed by atoms with Crippen LogP contribution < -0.4 is 4.74 Å². The van der Waals surface area contributed by atoms with Gasteiger partial charge in [0.05, 0.1) is 0 Å². The number of nitrogens with zero attached hydrogens (tertiary/aromatic N) is 1. The SMILES string of the molecule is Fc1cc(Br)cc(Oc2ncccc2C(F)(F)F)c1. The monoisotopic (exact) mass is 335 g/mol. The van der Waals surface area contributed by atoms with E-state index in [0.717, 1.165) is 24.3 Å². The average Bonchev–Trinajstić information content (AvgIpc) is 2.26. The molecule has 0 N–H and O–H groups in total. The smallest absolute Gasteiger partial charge is 0.421 e. The Morgan fingerprint density at radius 3 is 2.53 bits per heavy atom. The standard InChI is InChI=1S/C12H6BrF4NO/c13-7-4-8(14)6-9(5-7)19-11-10(12(15,16)17)2-1-3-18-11/h1-6H. The van der Waals surface area contributed by atoms with Crippen LogP contribution in [0.15, 0.2) is 41.0 Å². The number of rotatable bonds is 2. The summed E-state index contributed by atoms with van der Waals surface area (Å²) in [6, 6.07) is 5.47. The molecule has 1 aromatic carbocycles. The quantitative estimate of drug-likeness (QED) is 0.736. The van der Waals surface area contributed by atoms with E-state index in [1.165, 1.54) is 12.3 Å². The van der Waals surface area contributed by atoms with Gasteiger partial charge in [0.1, 0.15) is 17.1 Å². The van der Waals surface area contributed by atoms with Crippen molar-refractivity contribution in [3.05, 3.63) is 52.4 Å². The minimum atomic E-state index is -4.59. The first-order valence-corrected chi connectivity index (χ1v) is 5.82. The first kappa shape index (κ1) is 13.8. The van der Waals surface area contributed by atoms with Gasteiger partial charge >= 0.3 is 6.18 Å². The van der Waals surface area contributed by atoms with Gasteiger partial charge < -0.3 is 4.74 Å². The van der Waals surface area contributed by atoms with Gasteiger partial charge in [0.15, 0.2) is 0 Å². The molecule has 0 aliphatic rings. The van der Waals surface area contributed by atoms with Crippen molar-refractivity contribution in [1.82, 2.24) is 4.98 Å². The predicted molar refractivity (Wildman–Crippen MR) is 63.4 cm³/mol. The second-order valence-corrected chi connectivity index (χ2v) is 4.48. The highest BCUT2D eigenvalue weighted by Gasteiger charge is 2.35. The third-order valence-corrected chi connectivity index (χ3v) is 2.58. The number of pyridine rings is 1. The van der Waals surface area contributed by atoms with E-state index < -0.39 is 23.4 Å². The van der Waals surface area contributed by atoms with Crippen LogP contribution in [0.4, 0.5) is 17.6 Å². The number of benzene rings is 1. The minimum Gasteiger partial charge on any atom is -0.438 e. The van der Waals surface area contributed by atoms with E-state index in [0.29, 0.717) is 4.47 Å². The Kier molecular flexibility index (Phi) is 3.75. The van der Waals surface area contributed by atoms with Crippen molar-refractivity contribution in [2.45, 2.75) is 6.18 Å². The third-order valence-electron chi connectivity index (χ3n) is 2.13. The van der Waals surface area contributed by atoms with Crippen LogP contribution in [0.25, 0.3) is 0 Å². The Labute approximate surface area is 114 Å². The summed E-state index contributed by atoms with van der Waals surface area (Å²) in [5.41, 5.74) is -1.02. The predicted octanol–water partition coefficient (Wildman–Crippen LogP) is 4.79. The van der Waals surface area contributed by atoms with Crippen molar-refractivity contribution in [3.63, 3.8) is 0 Å². The van der Waals surface area contributed by atoms with E-state index in [2.05, 4.69) is 20.9 Å². The molecule has 2 aromatic rings. The zero-order chi connectivity index (χ0) is 14.0. The summed E-state index contributed by atoms with van der Waals surface area (Å²) in [5.74, 6) is -1.32. The Balaban J connectivity index is 2.38. The van der Waals surface area contributed by atoms with Crippen molar-refractivity contribution in [3.8, 4) is 11.6 Å². The summed E-state index contributed by atoms with van der Waals surface area (Å²) in [7, 11) is 0. The van der Waals surface area contributed by atoms with Crippen LogP contribution in [-0.2, 0) is 6.18 Å². The number of hydrogen-bond donors (Lipinski definition) is 0. The van der Waals surface area contributed by atoms with Gasteiger partial charge in [-0.2, -0.15) is 13.2 Å². The van der Waals surface area contributed by atoms with Crippen molar-refractivity contribution in [2.24, 2.45) is 0 Å². The normalized spacial score (nSPS) is 11.4. The summed E-state index contributed by atoms with van der Waals surface area (Å²) in [6.07, 6.45) is -3.42. The van der Waals surface area contributed by atoms with E-state index in [1.54, 1.807) is 0 Å². The van der Waals surface area contributed by atoms with Crippen molar-refractivity contribution in [2.75, 3.05) is 0 Å². The Morgan fingerprint density at radius 1 is 1.16 bits per heavy atom. The summed E-state index contributed by atoms with van der Waals surface area (Å²) in [6.45, 7) is 0. The molecule has 0 aliphatic carbocycles. The number of ether oxygens (including phenoxy) is 1. The molecule has 0 saturated heterocycles. The number of halogens is 5. The van der Waals surface area contributed by atoms with Crippen LogP contribution in [0.1, 0.15) is 5.56 Å². The van der Waals surface area contributed by atoms with Crippen LogP contribution in [-0.4, -0.2) is 4.98 Å². The molecule has 0 atom stereocenters. The molecule has 0 bridgehead atoms. The maximum absolute atomic E-state index is 13.1. The second kappa shape index (κ2) is 5.16. The minimum absolute atomic E-state index is 0.0731. The molecule has 2 nitrogen and oxygen atoms in total. The average molecular weight is 336 g/mol. The molecule has 7 heteroatoms. The lowest BCUT2D eigenvalue weighted by molar-refractivity contribution is -0.138. The zero-order valence-electron chi connectivity index (χ0n) is 9.21. The molecular weight excluding hydrogens is 330 g/mol. The Bertz CT molecular complexity index is 580. The number of alkyl halides is 3. The van der Waals surface area contributed by atoms with Crippen LogP contribution in [0.5, 0.6) is 11.6 Å². The lowest BCUT2D eigenvalue weighted by Crippen LogP contribution is -2.08. The molecule has 0 aliphatic heterocycles. The van der Waals surface area contributed by atoms with Gasteiger partial charge in [-0.25, -0.2) is 9.37 Å². The van der Waals surface area contributed by atoms with Gasteiger partial charge in [0, 0.05) is 16.7 Å². The summed E-state index contributed by atoms with van der Waals surface area (Å²) in [5, 5.41) is 0. The molecule has 0 spiro atoms. The van der Waals surface area contributed by atoms with Gasteiger partial charge in [-0.05, 0) is 24.3 Å². The van der Waals surface area contributed by atoms with Gasteiger partial charge in [-0.15, -0.1) is 0 Å². The van der Waals surface area contributed by atoms with Crippen LogP contribution in [0, 0.1) is 5.82 Å². The van der Waals surface area contributed by atoms with Gasteiger partial charge in [-0.3, -0.25) is 0 Å². The fraction of sp³-hybridized carbons (Fsp3) is 0.0833. The number of aromatic nitrogens is 1. The Morgan fingerprint density at radius 2 is 1.89 bits per heavy atom. The van der Waals surface area contributed by atoms with E-state index in [9.17, 15) is 17.6 Å². The summed E-state index contributed by atoms with van der Waals surface area (Å²) < 4.78 is 56.6. The molecule has 0 saturated carbocycles. The molecule has 2 rings (SSSR count). The van der Waals surface area contributed by atoms with Crippen LogP contribution in [0.2, 0.25) is 0 Å². The van der Waals surface area contributed by atoms with E-state index >= 15 is 0 Å². The molecule has 0 fully saturated rings. The first-order valence-electron chi connectivity index (χ1n) is 5.02. The lowest BCUT2D eigenvalue weighted by atomic mass is 10.2. The van der Waals surface area contributed by atoms with Crippen molar-refractivity contribution in [1.29, 1.82) is 0 Å². The molecule has 100 valence electrons. The van der Waals surface area contributed by atoms with E-state index in [-0.39, 0.29) is 5.75 Å². The van der Waals surface area contributed by atoms with Crippen LogP contribution >= 0.6 is 15.9 Å². The fourth-order valence-electron chi connectivity index (χ4n) is 1.39. The van der Waals surface area contributed by atoms with Crippen molar-refractivity contribution >= 4 is 15.9 Å².